The van der Waals surface area contributed by atoms with Crippen LogP contribution in [0.5, 0.6) is 0 Å². The molecule has 0 aliphatic heterocycles. The lowest BCUT2D eigenvalue weighted by atomic mass is 10.1. The Balaban J connectivity index is 2.16. The van der Waals surface area contributed by atoms with E-state index in [4.69, 9.17) is 5.11 Å². The SMILES string of the molecule is O=C(O)C1CCCC1NS(=O)(=O)c1cccnc1. The molecule has 1 aromatic heterocycles. The summed E-state index contributed by atoms with van der Waals surface area (Å²) in [6.45, 7) is 0. The van der Waals surface area contributed by atoms with Gasteiger partial charge in [-0.2, -0.15) is 0 Å². The number of nitrogens with zero attached hydrogens (tertiary/aromatic N) is 1. The molecule has 0 saturated heterocycles. The molecular formula is C11H14N2O4S. The molecule has 2 atom stereocenters. The molecule has 2 N–H and O–H groups in total. The number of hydrogen-bond acceptors (Lipinski definition) is 4. The minimum absolute atomic E-state index is 0.0565. The van der Waals surface area contributed by atoms with Crippen LogP contribution in [-0.2, 0) is 14.8 Å². The fraction of sp³-hybridized carbons (Fsp3) is 0.455. The Morgan fingerprint density at radius 2 is 2.22 bits per heavy atom. The van der Waals surface area contributed by atoms with E-state index in [1.165, 1.54) is 24.5 Å². The topological polar surface area (TPSA) is 96.4 Å². The van der Waals surface area contributed by atoms with Crippen molar-refractivity contribution >= 4 is 16.0 Å². The summed E-state index contributed by atoms with van der Waals surface area (Å²) in [5.74, 6) is -1.59. The van der Waals surface area contributed by atoms with Gasteiger partial charge in [-0.25, -0.2) is 13.1 Å². The van der Waals surface area contributed by atoms with Gasteiger partial charge in [-0.1, -0.05) is 6.42 Å². The maximum Gasteiger partial charge on any atom is 0.308 e. The van der Waals surface area contributed by atoms with Crippen molar-refractivity contribution < 1.29 is 18.3 Å². The number of carbonyl (C=O) groups is 1. The highest BCUT2D eigenvalue weighted by molar-refractivity contribution is 7.89. The summed E-state index contributed by atoms with van der Waals surface area (Å²) in [4.78, 5) is 14.8. The molecule has 0 bridgehead atoms. The third-order valence-corrected chi connectivity index (χ3v) is 4.56. The van der Waals surface area contributed by atoms with E-state index in [2.05, 4.69) is 9.71 Å². The van der Waals surface area contributed by atoms with Crippen molar-refractivity contribution in [2.24, 2.45) is 5.92 Å². The monoisotopic (exact) mass is 270 g/mol. The predicted molar refractivity (Wildman–Crippen MR) is 63.3 cm³/mol. The van der Waals surface area contributed by atoms with Gasteiger partial charge in [0.05, 0.1) is 5.92 Å². The summed E-state index contributed by atoms with van der Waals surface area (Å²) in [5, 5.41) is 9.00. The number of aromatic nitrogens is 1. The van der Waals surface area contributed by atoms with E-state index >= 15 is 0 Å². The number of nitrogens with one attached hydrogen (secondary N) is 1. The van der Waals surface area contributed by atoms with Crippen molar-refractivity contribution in [1.82, 2.24) is 9.71 Å². The van der Waals surface area contributed by atoms with Gasteiger partial charge in [-0.3, -0.25) is 9.78 Å². The van der Waals surface area contributed by atoms with Gasteiger partial charge in [-0.15, -0.1) is 0 Å². The summed E-state index contributed by atoms with van der Waals surface area (Å²) >= 11 is 0. The highest BCUT2D eigenvalue weighted by atomic mass is 32.2. The Bertz CT molecular complexity index is 529. The van der Waals surface area contributed by atoms with Gasteiger partial charge >= 0.3 is 5.97 Å². The van der Waals surface area contributed by atoms with E-state index in [1.54, 1.807) is 0 Å². The van der Waals surface area contributed by atoms with Gasteiger partial charge in [-0.05, 0) is 25.0 Å². The molecule has 2 rings (SSSR count). The Hall–Kier alpha value is -1.47. The molecule has 98 valence electrons. The molecule has 0 spiro atoms. The molecule has 1 saturated carbocycles. The van der Waals surface area contributed by atoms with Crippen LogP contribution in [0.1, 0.15) is 19.3 Å². The lowest BCUT2D eigenvalue weighted by Crippen LogP contribution is -2.40. The van der Waals surface area contributed by atoms with Crippen LogP contribution < -0.4 is 4.72 Å². The van der Waals surface area contributed by atoms with Crippen molar-refractivity contribution in [3.63, 3.8) is 0 Å². The van der Waals surface area contributed by atoms with Crippen LogP contribution in [0.4, 0.5) is 0 Å². The summed E-state index contributed by atoms with van der Waals surface area (Å²) in [5.41, 5.74) is 0. The molecule has 6 nitrogen and oxygen atoms in total. The van der Waals surface area contributed by atoms with Gasteiger partial charge in [0.15, 0.2) is 0 Å². The first-order chi connectivity index (χ1) is 8.50. The Morgan fingerprint density at radius 1 is 1.44 bits per heavy atom. The molecule has 0 aromatic carbocycles. The normalized spacial score (nSPS) is 24.0. The summed E-state index contributed by atoms with van der Waals surface area (Å²) in [7, 11) is -3.69. The van der Waals surface area contributed by atoms with Crippen LogP contribution in [-0.4, -0.2) is 30.5 Å². The number of carboxylic acid groups (broad SMARTS) is 1. The molecule has 0 radical (unpaired) electrons. The van der Waals surface area contributed by atoms with E-state index in [0.717, 1.165) is 6.42 Å². The van der Waals surface area contributed by atoms with Crippen LogP contribution in [0.15, 0.2) is 29.4 Å². The lowest BCUT2D eigenvalue weighted by molar-refractivity contribution is -0.141. The van der Waals surface area contributed by atoms with E-state index in [1.807, 2.05) is 0 Å². The summed E-state index contributed by atoms with van der Waals surface area (Å²) in [6.07, 6.45) is 4.50. The minimum Gasteiger partial charge on any atom is -0.481 e. The van der Waals surface area contributed by atoms with Crippen molar-refractivity contribution in [3.05, 3.63) is 24.5 Å². The lowest BCUT2D eigenvalue weighted by Gasteiger charge is -2.17. The zero-order valence-electron chi connectivity index (χ0n) is 9.61. The molecule has 18 heavy (non-hydrogen) atoms. The first-order valence-electron chi connectivity index (χ1n) is 5.66. The van der Waals surface area contributed by atoms with E-state index in [0.29, 0.717) is 12.8 Å². The number of pyridine rings is 1. The Kier molecular flexibility index (Phi) is 3.63. The standard InChI is InChI=1S/C11H14N2O4S/c14-11(15)9-4-1-5-10(9)13-18(16,17)8-3-2-6-12-7-8/h2-3,6-7,9-10,13H,1,4-5H2,(H,14,15). The van der Waals surface area contributed by atoms with E-state index in [-0.39, 0.29) is 4.90 Å². The average Bonchev–Trinajstić information content (AvgIpc) is 2.78. The third-order valence-electron chi connectivity index (χ3n) is 3.08. The van der Waals surface area contributed by atoms with Crippen molar-refractivity contribution in [2.45, 2.75) is 30.2 Å². The second-order valence-electron chi connectivity index (χ2n) is 4.29. The quantitative estimate of drug-likeness (QED) is 0.835. The van der Waals surface area contributed by atoms with Crippen LogP contribution in [0, 0.1) is 5.92 Å². The number of sulfonamides is 1. The maximum absolute atomic E-state index is 12.0. The number of hydrogen-bond donors (Lipinski definition) is 2. The number of aliphatic carboxylic acids is 1. The van der Waals surface area contributed by atoms with E-state index < -0.39 is 28.0 Å². The van der Waals surface area contributed by atoms with Crippen LogP contribution in [0.2, 0.25) is 0 Å². The van der Waals surface area contributed by atoms with Gasteiger partial charge in [0.25, 0.3) is 0 Å². The third kappa shape index (κ3) is 2.68. The first-order valence-corrected chi connectivity index (χ1v) is 7.14. The molecule has 7 heteroatoms. The molecule has 1 aromatic rings. The Morgan fingerprint density at radius 3 is 2.83 bits per heavy atom. The molecule has 1 aliphatic carbocycles. The van der Waals surface area contributed by atoms with Crippen LogP contribution in [0.25, 0.3) is 0 Å². The fourth-order valence-corrected chi connectivity index (χ4v) is 3.44. The summed E-state index contributed by atoms with van der Waals surface area (Å²) in [6, 6.07) is 2.42. The first kappa shape index (κ1) is 13.0. The van der Waals surface area contributed by atoms with Crippen molar-refractivity contribution in [2.75, 3.05) is 0 Å². The smallest absolute Gasteiger partial charge is 0.308 e. The van der Waals surface area contributed by atoms with Gasteiger partial charge in [0, 0.05) is 18.4 Å². The maximum atomic E-state index is 12.0. The highest BCUT2D eigenvalue weighted by Crippen LogP contribution is 2.27. The molecule has 1 heterocycles. The average molecular weight is 270 g/mol. The number of carboxylic acids is 1. The van der Waals surface area contributed by atoms with Crippen LogP contribution >= 0.6 is 0 Å². The van der Waals surface area contributed by atoms with Gasteiger partial charge in [0.2, 0.25) is 10.0 Å². The second-order valence-corrected chi connectivity index (χ2v) is 6.01. The zero-order chi connectivity index (χ0) is 13.2. The van der Waals surface area contributed by atoms with E-state index in [9.17, 15) is 13.2 Å². The molecular weight excluding hydrogens is 256 g/mol. The minimum atomic E-state index is -3.69. The van der Waals surface area contributed by atoms with Crippen molar-refractivity contribution in [1.29, 1.82) is 0 Å². The fourth-order valence-electron chi connectivity index (χ4n) is 2.17. The summed E-state index contributed by atoms with van der Waals surface area (Å²) < 4.78 is 26.5. The largest absolute Gasteiger partial charge is 0.481 e. The number of rotatable bonds is 4. The predicted octanol–water partition coefficient (Wildman–Crippen LogP) is 0.613. The zero-order valence-corrected chi connectivity index (χ0v) is 10.4. The highest BCUT2D eigenvalue weighted by Gasteiger charge is 2.35. The van der Waals surface area contributed by atoms with Gasteiger partial charge < -0.3 is 5.11 Å². The molecule has 2 unspecified atom stereocenters. The van der Waals surface area contributed by atoms with Gasteiger partial charge in [0.1, 0.15) is 4.90 Å². The molecule has 1 aliphatic rings. The second kappa shape index (κ2) is 5.03. The van der Waals surface area contributed by atoms with Crippen LogP contribution in [0.3, 0.4) is 0 Å². The Labute approximate surface area is 105 Å². The molecule has 0 amide bonds. The van der Waals surface area contributed by atoms with Crippen molar-refractivity contribution in [3.8, 4) is 0 Å². The molecule has 1 fully saturated rings.